The SMILES string of the molecule is CCC1(CC)CN(Cc2cccc(Cl)c2)c2ccccc2O1. The molecule has 22 heavy (non-hydrogen) atoms. The molecule has 0 aromatic heterocycles. The van der Waals surface area contributed by atoms with Crippen LogP contribution in [0.15, 0.2) is 48.5 Å². The fourth-order valence-electron chi connectivity index (χ4n) is 3.12. The van der Waals surface area contributed by atoms with Crippen molar-refractivity contribution in [3.8, 4) is 5.75 Å². The smallest absolute Gasteiger partial charge is 0.143 e. The van der Waals surface area contributed by atoms with Gasteiger partial charge in [-0.3, -0.25) is 0 Å². The third kappa shape index (κ3) is 2.93. The first kappa shape index (κ1) is 15.2. The van der Waals surface area contributed by atoms with Crippen LogP contribution in [0.25, 0.3) is 0 Å². The van der Waals surface area contributed by atoms with E-state index in [1.807, 2.05) is 24.3 Å². The maximum absolute atomic E-state index is 6.34. The van der Waals surface area contributed by atoms with Gasteiger partial charge < -0.3 is 9.64 Å². The molecular formula is C19H22ClNO. The molecule has 1 aliphatic rings. The molecule has 0 aliphatic carbocycles. The lowest BCUT2D eigenvalue weighted by molar-refractivity contribution is 0.0570. The maximum Gasteiger partial charge on any atom is 0.143 e. The van der Waals surface area contributed by atoms with E-state index < -0.39 is 0 Å². The van der Waals surface area contributed by atoms with Crippen molar-refractivity contribution in [3.05, 3.63) is 59.1 Å². The number of rotatable bonds is 4. The number of anilines is 1. The van der Waals surface area contributed by atoms with Crippen molar-refractivity contribution in [1.82, 2.24) is 0 Å². The molecule has 3 heteroatoms. The summed E-state index contributed by atoms with van der Waals surface area (Å²) in [5.41, 5.74) is 2.29. The monoisotopic (exact) mass is 315 g/mol. The molecule has 0 spiro atoms. The number of para-hydroxylation sites is 2. The minimum absolute atomic E-state index is 0.104. The van der Waals surface area contributed by atoms with Crippen molar-refractivity contribution in [2.45, 2.75) is 38.8 Å². The fourth-order valence-corrected chi connectivity index (χ4v) is 3.33. The summed E-state index contributed by atoms with van der Waals surface area (Å²) < 4.78 is 6.34. The van der Waals surface area contributed by atoms with Crippen LogP contribution in [0.4, 0.5) is 5.69 Å². The van der Waals surface area contributed by atoms with E-state index in [9.17, 15) is 0 Å². The molecule has 2 aromatic rings. The Bertz CT molecular complexity index is 651. The third-order valence-corrected chi connectivity index (χ3v) is 4.80. The van der Waals surface area contributed by atoms with E-state index in [0.29, 0.717) is 0 Å². The highest BCUT2D eigenvalue weighted by Gasteiger charge is 2.36. The van der Waals surface area contributed by atoms with Crippen LogP contribution >= 0.6 is 11.6 Å². The minimum Gasteiger partial charge on any atom is -0.483 e. The van der Waals surface area contributed by atoms with Crippen LogP contribution in [0.5, 0.6) is 5.75 Å². The Kier molecular flexibility index (Phi) is 4.30. The van der Waals surface area contributed by atoms with Crippen molar-refractivity contribution in [1.29, 1.82) is 0 Å². The largest absolute Gasteiger partial charge is 0.483 e. The van der Waals surface area contributed by atoms with Gasteiger partial charge in [-0.2, -0.15) is 0 Å². The molecule has 3 rings (SSSR count). The quantitative estimate of drug-likeness (QED) is 0.759. The summed E-state index contributed by atoms with van der Waals surface area (Å²) in [5, 5.41) is 0.788. The summed E-state index contributed by atoms with van der Waals surface area (Å²) in [6.45, 7) is 6.16. The second-order valence-electron chi connectivity index (χ2n) is 5.95. The van der Waals surface area contributed by atoms with Crippen LogP contribution in [-0.2, 0) is 6.54 Å². The molecule has 0 unspecified atom stereocenters. The molecule has 2 aromatic carbocycles. The molecule has 0 bridgehead atoms. The van der Waals surface area contributed by atoms with E-state index in [0.717, 1.165) is 36.7 Å². The van der Waals surface area contributed by atoms with Crippen LogP contribution in [0.1, 0.15) is 32.3 Å². The molecule has 116 valence electrons. The van der Waals surface area contributed by atoms with Gasteiger partial charge in [-0.25, -0.2) is 0 Å². The number of benzene rings is 2. The van der Waals surface area contributed by atoms with E-state index in [4.69, 9.17) is 16.3 Å². The zero-order chi connectivity index (χ0) is 15.6. The molecule has 0 fully saturated rings. The molecular weight excluding hydrogens is 294 g/mol. The number of halogens is 1. The number of nitrogens with zero attached hydrogens (tertiary/aromatic N) is 1. The summed E-state index contributed by atoms with van der Waals surface area (Å²) in [6.07, 6.45) is 2.01. The second-order valence-corrected chi connectivity index (χ2v) is 6.38. The lowest BCUT2D eigenvalue weighted by Gasteiger charge is -2.44. The summed E-state index contributed by atoms with van der Waals surface area (Å²) >= 11 is 6.13. The van der Waals surface area contributed by atoms with E-state index in [2.05, 4.69) is 43.0 Å². The number of ether oxygens (including phenoxy) is 1. The molecule has 0 N–H and O–H groups in total. The lowest BCUT2D eigenvalue weighted by atomic mass is 9.93. The van der Waals surface area contributed by atoms with E-state index in [-0.39, 0.29) is 5.60 Å². The van der Waals surface area contributed by atoms with Crippen molar-refractivity contribution in [2.75, 3.05) is 11.4 Å². The molecule has 1 heterocycles. The van der Waals surface area contributed by atoms with Gasteiger partial charge in [0.2, 0.25) is 0 Å². The van der Waals surface area contributed by atoms with Crippen molar-refractivity contribution in [3.63, 3.8) is 0 Å². The van der Waals surface area contributed by atoms with Crippen LogP contribution in [0.3, 0.4) is 0 Å². The zero-order valence-corrected chi connectivity index (χ0v) is 13.9. The molecule has 0 atom stereocenters. The zero-order valence-electron chi connectivity index (χ0n) is 13.2. The maximum atomic E-state index is 6.34. The second kappa shape index (κ2) is 6.21. The summed E-state index contributed by atoms with van der Waals surface area (Å²) in [4.78, 5) is 2.41. The molecule has 0 amide bonds. The number of fused-ring (bicyclic) bond motifs is 1. The van der Waals surface area contributed by atoms with Gasteiger partial charge in [0.15, 0.2) is 0 Å². The third-order valence-electron chi connectivity index (χ3n) is 4.56. The average Bonchev–Trinajstić information content (AvgIpc) is 2.54. The molecule has 2 nitrogen and oxygen atoms in total. The van der Waals surface area contributed by atoms with E-state index in [1.54, 1.807) is 0 Å². The topological polar surface area (TPSA) is 12.5 Å². The normalized spacial score (nSPS) is 16.0. The highest BCUT2D eigenvalue weighted by Crippen LogP contribution is 2.40. The van der Waals surface area contributed by atoms with Gasteiger partial charge in [0.05, 0.1) is 12.2 Å². The Morgan fingerprint density at radius 3 is 2.59 bits per heavy atom. The van der Waals surface area contributed by atoms with E-state index >= 15 is 0 Å². The Balaban J connectivity index is 1.95. The van der Waals surface area contributed by atoms with E-state index in [1.165, 1.54) is 11.3 Å². The minimum atomic E-state index is -0.104. The van der Waals surface area contributed by atoms with Gasteiger partial charge >= 0.3 is 0 Å². The molecule has 1 aliphatic heterocycles. The van der Waals surface area contributed by atoms with Gasteiger partial charge in [-0.1, -0.05) is 49.7 Å². The number of hydrogen-bond acceptors (Lipinski definition) is 2. The first-order valence-corrected chi connectivity index (χ1v) is 8.31. The molecule has 0 radical (unpaired) electrons. The standard InChI is InChI=1S/C19H22ClNO/c1-3-19(4-2)14-21(13-15-8-7-9-16(20)12-15)17-10-5-6-11-18(17)22-19/h5-12H,3-4,13-14H2,1-2H3. The predicted octanol–water partition coefficient (Wildman–Crippen LogP) is 5.30. The molecule has 0 saturated heterocycles. The van der Waals surface area contributed by atoms with Crippen molar-refractivity contribution < 1.29 is 4.74 Å². The van der Waals surface area contributed by atoms with Crippen molar-refractivity contribution >= 4 is 17.3 Å². The Morgan fingerprint density at radius 2 is 1.86 bits per heavy atom. The van der Waals surface area contributed by atoms with Gasteiger partial charge in [-0.15, -0.1) is 0 Å². The van der Waals surface area contributed by atoms with Crippen molar-refractivity contribution in [2.24, 2.45) is 0 Å². The highest BCUT2D eigenvalue weighted by molar-refractivity contribution is 6.30. The van der Waals surface area contributed by atoms with Crippen LogP contribution in [0.2, 0.25) is 5.02 Å². The Hall–Kier alpha value is -1.67. The Labute approximate surface area is 137 Å². The highest BCUT2D eigenvalue weighted by atomic mass is 35.5. The average molecular weight is 316 g/mol. The van der Waals surface area contributed by atoms with Crippen LogP contribution in [0, 0.1) is 0 Å². The first-order chi connectivity index (χ1) is 10.7. The van der Waals surface area contributed by atoms with Crippen LogP contribution in [-0.4, -0.2) is 12.1 Å². The summed E-state index contributed by atoms with van der Waals surface area (Å²) in [5.74, 6) is 0.986. The van der Waals surface area contributed by atoms with Gasteiger partial charge in [0.1, 0.15) is 11.4 Å². The Morgan fingerprint density at radius 1 is 1.09 bits per heavy atom. The number of hydrogen-bond donors (Lipinski definition) is 0. The molecule has 0 saturated carbocycles. The van der Waals surface area contributed by atoms with Gasteiger partial charge in [0.25, 0.3) is 0 Å². The fraction of sp³-hybridized carbons (Fsp3) is 0.368. The summed E-state index contributed by atoms with van der Waals surface area (Å²) in [6, 6.07) is 16.4. The van der Waals surface area contributed by atoms with Gasteiger partial charge in [0, 0.05) is 11.6 Å². The predicted molar refractivity (Wildman–Crippen MR) is 92.9 cm³/mol. The lowest BCUT2D eigenvalue weighted by Crippen LogP contribution is -2.50. The van der Waals surface area contributed by atoms with Gasteiger partial charge in [-0.05, 0) is 42.7 Å². The summed E-state index contributed by atoms with van der Waals surface area (Å²) in [7, 11) is 0. The van der Waals surface area contributed by atoms with Crippen LogP contribution < -0.4 is 9.64 Å². The first-order valence-electron chi connectivity index (χ1n) is 7.93.